The molecule has 17 heavy (non-hydrogen) atoms. The molecule has 3 aromatic rings. The first-order valence-electron chi connectivity index (χ1n) is 5.23. The topological polar surface area (TPSA) is 43.4 Å². The van der Waals surface area contributed by atoms with E-state index in [1.54, 1.807) is 24.7 Å². The molecule has 0 saturated heterocycles. The SMILES string of the molecule is Cc1ccoc1.O=c1ccc2ccccc2o1. The molecule has 0 N–H and O–H groups in total. The van der Waals surface area contributed by atoms with Crippen molar-refractivity contribution in [3.8, 4) is 0 Å². The normalized spacial score (nSPS) is 9.71. The largest absolute Gasteiger partial charge is 0.472 e. The van der Waals surface area contributed by atoms with Crippen LogP contribution in [-0.4, -0.2) is 0 Å². The van der Waals surface area contributed by atoms with E-state index in [1.165, 1.54) is 11.6 Å². The first-order valence-corrected chi connectivity index (χ1v) is 5.23. The third-order valence-corrected chi connectivity index (χ3v) is 2.19. The number of rotatable bonds is 0. The van der Waals surface area contributed by atoms with Gasteiger partial charge >= 0.3 is 5.63 Å². The zero-order valence-corrected chi connectivity index (χ0v) is 9.42. The number of aryl methyl sites for hydroxylation is 1. The van der Waals surface area contributed by atoms with Gasteiger partial charge in [-0.1, -0.05) is 18.2 Å². The first-order chi connectivity index (χ1) is 8.25. The highest BCUT2D eigenvalue weighted by Gasteiger charge is 1.92. The predicted molar refractivity (Wildman–Crippen MR) is 65.9 cm³/mol. The minimum absolute atomic E-state index is 0.302. The van der Waals surface area contributed by atoms with E-state index in [-0.39, 0.29) is 5.63 Å². The van der Waals surface area contributed by atoms with E-state index >= 15 is 0 Å². The van der Waals surface area contributed by atoms with Gasteiger partial charge in [-0.15, -0.1) is 0 Å². The summed E-state index contributed by atoms with van der Waals surface area (Å²) in [4.78, 5) is 10.7. The number of hydrogen-bond donors (Lipinski definition) is 0. The molecule has 0 aliphatic heterocycles. The van der Waals surface area contributed by atoms with E-state index in [4.69, 9.17) is 8.83 Å². The molecule has 0 unspecified atom stereocenters. The average molecular weight is 228 g/mol. The van der Waals surface area contributed by atoms with E-state index in [2.05, 4.69) is 0 Å². The summed E-state index contributed by atoms with van der Waals surface area (Å²) in [6, 6.07) is 12.5. The summed E-state index contributed by atoms with van der Waals surface area (Å²) >= 11 is 0. The van der Waals surface area contributed by atoms with Gasteiger partial charge in [0.05, 0.1) is 12.5 Å². The minimum atomic E-state index is -0.302. The van der Waals surface area contributed by atoms with Gasteiger partial charge in [-0.3, -0.25) is 0 Å². The van der Waals surface area contributed by atoms with Gasteiger partial charge in [-0.25, -0.2) is 4.79 Å². The molecule has 0 bridgehead atoms. The monoisotopic (exact) mass is 228 g/mol. The number of fused-ring (bicyclic) bond motifs is 1. The smallest absolute Gasteiger partial charge is 0.336 e. The maximum Gasteiger partial charge on any atom is 0.336 e. The standard InChI is InChI=1S/C9H6O2.C5H6O/c10-9-6-5-7-3-1-2-4-8(7)11-9;1-5-2-3-6-4-5/h1-6H;2-4H,1H3. The Morgan fingerprint density at radius 1 is 1.00 bits per heavy atom. The van der Waals surface area contributed by atoms with Crippen LogP contribution in [-0.2, 0) is 0 Å². The van der Waals surface area contributed by atoms with Gasteiger partial charge < -0.3 is 8.83 Å². The van der Waals surface area contributed by atoms with Crippen LogP contribution in [0.1, 0.15) is 5.56 Å². The quantitative estimate of drug-likeness (QED) is 0.554. The summed E-state index contributed by atoms with van der Waals surface area (Å²) in [7, 11) is 0. The molecule has 0 amide bonds. The maximum absolute atomic E-state index is 10.7. The Morgan fingerprint density at radius 2 is 1.82 bits per heavy atom. The zero-order valence-electron chi connectivity index (χ0n) is 9.42. The molecule has 0 spiro atoms. The number of hydrogen-bond acceptors (Lipinski definition) is 3. The summed E-state index contributed by atoms with van der Waals surface area (Å²) in [5.74, 6) is 0. The van der Waals surface area contributed by atoms with Gasteiger partial charge in [-0.2, -0.15) is 0 Å². The van der Waals surface area contributed by atoms with Crippen LogP contribution >= 0.6 is 0 Å². The molecule has 0 fully saturated rings. The van der Waals surface area contributed by atoms with Crippen molar-refractivity contribution < 1.29 is 8.83 Å². The van der Waals surface area contributed by atoms with Crippen LogP contribution in [0.4, 0.5) is 0 Å². The average Bonchev–Trinajstić information content (AvgIpc) is 2.81. The fourth-order valence-electron chi connectivity index (χ4n) is 1.34. The molecule has 0 saturated carbocycles. The second-order valence-electron chi connectivity index (χ2n) is 3.59. The van der Waals surface area contributed by atoms with Crippen LogP contribution in [0.25, 0.3) is 11.0 Å². The molecule has 0 radical (unpaired) electrons. The van der Waals surface area contributed by atoms with Crippen molar-refractivity contribution in [1.29, 1.82) is 0 Å². The van der Waals surface area contributed by atoms with Gasteiger partial charge in [0, 0.05) is 11.5 Å². The van der Waals surface area contributed by atoms with Crippen molar-refractivity contribution in [2.75, 3.05) is 0 Å². The first kappa shape index (κ1) is 11.2. The fourth-order valence-corrected chi connectivity index (χ4v) is 1.34. The Balaban J connectivity index is 0.000000153. The van der Waals surface area contributed by atoms with Crippen LogP contribution in [0.15, 0.2) is 68.6 Å². The van der Waals surface area contributed by atoms with Gasteiger partial charge in [-0.05, 0) is 30.7 Å². The molecule has 3 nitrogen and oxygen atoms in total. The third-order valence-electron chi connectivity index (χ3n) is 2.19. The van der Waals surface area contributed by atoms with E-state index in [0.29, 0.717) is 5.58 Å². The Kier molecular flexibility index (Phi) is 3.40. The molecule has 0 aliphatic carbocycles. The summed E-state index contributed by atoms with van der Waals surface area (Å²) < 4.78 is 9.62. The van der Waals surface area contributed by atoms with Crippen LogP contribution in [0.2, 0.25) is 0 Å². The lowest BCUT2D eigenvalue weighted by molar-refractivity contribution is 0.561. The number of benzene rings is 1. The maximum atomic E-state index is 10.7. The van der Waals surface area contributed by atoms with Gasteiger partial charge in [0.1, 0.15) is 5.58 Å². The molecular weight excluding hydrogens is 216 g/mol. The lowest BCUT2D eigenvalue weighted by atomic mass is 10.2. The number of para-hydroxylation sites is 1. The molecular formula is C14H12O3. The summed E-state index contributed by atoms with van der Waals surface area (Å²) in [6.07, 6.45) is 3.37. The van der Waals surface area contributed by atoms with E-state index in [1.807, 2.05) is 31.2 Å². The van der Waals surface area contributed by atoms with Crippen molar-refractivity contribution in [2.45, 2.75) is 6.92 Å². The van der Waals surface area contributed by atoms with Crippen LogP contribution < -0.4 is 5.63 Å². The van der Waals surface area contributed by atoms with Crippen LogP contribution in [0.3, 0.4) is 0 Å². The zero-order chi connectivity index (χ0) is 12.1. The molecule has 2 aromatic heterocycles. The van der Waals surface area contributed by atoms with Crippen molar-refractivity contribution in [2.24, 2.45) is 0 Å². The molecule has 1 aromatic carbocycles. The van der Waals surface area contributed by atoms with Gasteiger partial charge in [0.2, 0.25) is 0 Å². The predicted octanol–water partition coefficient (Wildman–Crippen LogP) is 3.38. The Bertz CT molecular complexity index is 636. The molecule has 0 atom stereocenters. The Labute approximate surface area is 98.3 Å². The van der Waals surface area contributed by atoms with Gasteiger partial charge in [0.15, 0.2) is 0 Å². The second kappa shape index (κ2) is 5.16. The lowest BCUT2D eigenvalue weighted by Crippen LogP contribution is -1.93. The van der Waals surface area contributed by atoms with Crippen molar-refractivity contribution in [3.05, 3.63) is 71.0 Å². The molecule has 3 heteroatoms. The van der Waals surface area contributed by atoms with Crippen molar-refractivity contribution in [3.63, 3.8) is 0 Å². The molecule has 2 heterocycles. The second-order valence-corrected chi connectivity index (χ2v) is 3.59. The minimum Gasteiger partial charge on any atom is -0.472 e. The highest BCUT2D eigenvalue weighted by Crippen LogP contribution is 2.08. The van der Waals surface area contributed by atoms with Gasteiger partial charge in [0.25, 0.3) is 0 Å². The fraction of sp³-hybridized carbons (Fsp3) is 0.0714. The molecule has 86 valence electrons. The lowest BCUT2D eigenvalue weighted by Gasteiger charge is -1.91. The van der Waals surface area contributed by atoms with E-state index in [9.17, 15) is 4.79 Å². The number of furan rings is 1. The summed E-state index contributed by atoms with van der Waals surface area (Å²) in [6.45, 7) is 1.99. The molecule has 3 rings (SSSR count). The Morgan fingerprint density at radius 3 is 2.47 bits per heavy atom. The molecule has 0 aliphatic rings. The summed E-state index contributed by atoms with van der Waals surface area (Å²) in [5, 5.41) is 0.951. The highest BCUT2D eigenvalue weighted by molar-refractivity contribution is 5.75. The van der Waals surface area contributed by atoms with Crippen molar-refractivity contribution in [1.82, 2.24) is 0 Å². The summed E-state index contributed by atoms with van der Waals surface area (Å²) in [5.41, 5.74) is 1.51. The van der Waals surface area contributed by atoms with Crippen LogP contribution in [0, 0.1) is 6.92 Å². The van der Waals surface area contributed by atoms with Crippen LogP contribution in [0.5, 0.6) is 0 Å². The highest BCUT2D eigenvalue weighted by atomic mass is 16.4. The van der Waals surface area contributed by atoms with E-state index < -0.39 is 0 Å². The van der Waals surface area contributed by atoms with Crippen molar-refractivity contribution >= 4 is 11.0 Å². The third kappa shape index (κ3) is 3.08. The Hall–Kier alpha value is -2.29. The van der Waals surface area contributed by atoms with E-state index in [0.717, 1.165) is 5.39 Å².